The van der Waals surface area contributed by atoms with Crippen molar-refractivity contribution in [1.82, 2.24) is 5.32 Å². The van der Waals surface area contributed by atoms with E-state index in [-0.39, 0.29) is 0 Å². The predicted octanol–water partition coefficient (Wildman–Crippen LogP) is 4.61. The molecule has 0 saturated carbocycles. The van der Waals surface area contributed by atoms with E-state index in [1.54, 1.807) is 0 Å². The second-order valence-electron chi connectivity index (χ2n) is 6.08. The Morgan fingerprint density at radius 1 is 1.10 bits per heavy atom. The fourth-order valence-corrected chi connectivity index (χ4v) is 3.05. The second-order valence-corrected chi connectivity index (χ2v) is 6.48. The summed E-state index contributed by atoms with van der Waals surface area (Å²) in [6.45, 7) is 7.50. The van der Waals surface area contributed by atoms with Crippen molar-refractivity contribution in [2.45, 2.75) is 58.5 Å². The summed E-state index contributed by atoms with van der Waals surface area (Å²) in [6.07, 6.45) is 6.66. The fraction of sp³-hybridized carbons (Fsp3) is 0.647. The maximum absolute atomic E-state index is 6.50. The first-order valence-electron chi connectivity index (χ1n) is 7.93. The number of hydrogen-bond acceptors (Lipinski definition) is 2. The van der Waals surface area contributed by atoms with Crippen molar-refractivity contribution >= 4 is 17.3 Å². The van der Waals surface area contributed by atoms with Gasteiger partial charge in [-0.2, -0.15) is 0 Å². The van der Waals surface area contributed by atoms with Crippen molar-refractivity contribution < 1.29 is 0 Å². The molecular formula is C17H27ClN2. The lowest BCUT2D eigenvalue weighted by molar-refractivity contribution is 0.556. The van der Waals surface area contributed by atoms with Gasteiger partial charge in [-0.3, -0.25) is 0 Å². The molecule has 1 fully saturated rings. The van der Waals surface area contributed by atoms with Crippen LogP contribution in [0.15, 0.2) is 18.2 Å². The molecule has 1 saturated heterocycles. The zero-order chi connectivity index (χ0) is 14.4. The Kier molecular flexibility index (Phi) is 6.18. The molecule has 0 radical (unpaired) electrons. The maximum Gasteiger partial charge on any atom is 0.0642 e. The Morgan fingerprint density at radius 2 is 1.75 bits per heavy atom. The lowest BCUT2D eigenvalue weighted by atomic mass is 10.1. The van der Waals surface area contributed by atoms with Gasteiger partial charge in [-0.15, -0.1) is 0 Å². The quantitative estimate of drug-likeness (QED) is 0.872. The van der Waals surface area contributed by atoms with Gasteiger partial charge in [-0.25, -0.2) is 0 Å². The summed E-state index contributed by atoms with van der Waals surface area (Å²) in [6, 6.07) is 7.02. The van der Waals surface area contributed by atoms with E-state index in [1.165, 1.54) is 43.4 Å². The highest BCUT2D eigenvalue weighted by molar-refractivity contribution is 6.33. The van der Waals surface area contributed by atoms with E-state index in [0.29, 0.717) is 6.04 Å². The highest BCUT2D eigenvalue weighted by Crippen LogP contribution is 2.28. The SMILES string of the molecule is CC(C)NCc1ccc(N2CCCCCCC2)c(Cl)c1. The van der Waals surface area contributed by atoms with Gasteiger partial charge in [0.15, 0.2) is 0 Å². The van der Waals surface area contributed by atoms with Crippen LogP contribution in [0.3, 0.4) is 0 Å². The number of anilines is 1. The Bertz CT molecular complexity index is 409. The number of hydrogen-bond donors (Lipinski definition) is 1. The van der Waals surface area contributed by atoms with Gasteiger partial charge in [0.25, 0.3) is 0 Å². The van der Waals surface area contributed by atoms with E-state index in [4.69, 9.17) is 11.6 Å². The van der Waals surface area contributed by atoms with E-state index >= 15 is 0 Å². The normalized spacial score (nSPS) is 17.1. The average Bonchev–Trinajstić information content (AvgIpc) is 2.37. The fourth-order valence-electron chi connectivity index (χ4n) is 2.73. The number of halogens is 1. The lowest BCUT2D eigenvalue weighted by Crippen LogP contribution is -2.27. The van der Waals surface area contributed by atoms with Gasteiger partial charge in [-0.05, 0) is 30.5 Å². The molecule has 3 heteroatoms. The monoisotopic (exact) mass is 294 g/mol. The summed E-state index contributed by atoms with van der Waals surface area (Å²) in [5.41, 5.74) is 2.47. The van der Waals surface area contributed by atoms with Crippen LogP contribution in [-0.4, -0.2) is 19.1 Å². The molecule has 0 aromatic heterocycles. The van der Waals surface area contributed by atoms with Crippen LogP contribution in [-0.2, 0) is 6.54 Å². The van der Waals surface area contributed by atoms with Crippen LogP contribution in [0.2, 0.25) is 5.02 Å². The van der Waals surface area contributed by atoms with Crippen molar-refractivity contribution in [2.75, 3.05) is 18.0 Å². The van der Waals surface area contributed by atoms with Crippen LogP contribution < -0.4 is 10.2 Å². The summed E-state index contributed by atoms with van der Waals surface area (Å²) in [5, 5.41) is 4.33. The molecule has 1 N–H and O–H groups in total. The molecule has 0 unspecified atom stereocenters. The Hall–Kier alpha value is -0.730. The van der Waals surface area contributed by atoms with Crippen molar-refractivity contribution in [3.8, 4) is 0 Å². The molecule has 1 heterocycles. The molecule has 1 aliphatic rings. The van der Waals surface area contributed by atoms with Crippen molar-refractivity contribution in [3.05, 3.63) is 28.8 Å². The standard InChI is InChI=1S/C17H27ClN2/c1-14(2)19-13-15-8-9-17(16(18)12-15)20-10-6-4-3-5-7-11-20/h8-9,12,14,19H,3-7,10-11,13H2,1-2H3. The summed E-state index contributed by atoms with van der Waals surface area (Å²) in [5.74, 6) is 0. The van der Waals surface area contributed by atoms with Gasteiger partial charge in [0, 0.05) is 25.7 Å². The van der Waals surface area contributed by atoms with E-state index in [9.17, 15) is 0 Å². The Labute approximate surface area is 128 Å². The topological polar surface area (TPSA) is 15.3 Å². The minimum Gasteiger partial charge on any atom is -0.370 e. The second kappa shape index (κ2) is 7.90. The first-order chi connectivity index (χ1) is 9.66. The number of benzene rings is 1. The van der Waals surface area contributed by atoms with Gasteiger partial charge >= 0.3 is 0 Å². The molecule has 20 heavy (non-hydrogen) atoms. The first-order valence-corrected chi connectivity index (χ1v) is 8.31. The summed E-state index contributed by atoms with van der Waals surface area (Å²) in [4.78, 5) is 2.46. The van der Waals surface area contributed by atoms with E-state index in [0.717, 1.165) is 24.7 Å². The molecule has 0 aliphatic carbocycles. The molecule has 112 valence electrons. The molecule has 2 nitrogen and oxygen atoms in total. The summed E-state index contributed by atoms with van der Waals surface area (Å²) >= 11 is 6.50. The molecule has 0 amide bonds. The first kappa shape index (κ1) is 15.7. The lowest BCUT2D eigenvalue weighted by Gasteiger charge is -2.28. The van der Waals surface area contributed by atoms with Crippen LogP contribution in [0, 0.1) is 0 Å². The highest BCUT2D eigenvalue weighted by Gasteiger charge is 2.12. The van der Waals surface area contributed by atoms with Gasteiger partial charge in [-0.1, -0.05) is 50.8 Å². The van der Waals surface area contributed by atoms with Crippen LogP contribution in [0.25, 0.3) is 0 Å². The Morgan fingerprint density at radius 3 is 2.35 bits per heavy atom. The zero-order valence-corrected chi connectivity index (χ0v) is 13.5. The zero-order valence-electron chi connectivity index (χ0n) is 12.8. The van der Waals surface area contributed by atoms with Crippen molar-refractivity contribution in [2.24, 2.45) is 0 Å². The summed E-state index contributed by atoms with van der Waals surface area (Å²) in [7, 11) is 0. The largest absolute Gasteiger partial charge is 0.370 e. The Balaban J connectivity index is 2.03. The minimum absolute atomic E-state index is 0.503. The van der Waals surface area contributed by atoms with E-state index < -0.39 is 0 Å². The third-order valence-electron chi connectivity index (χ3n) is 3.92. The average molecular weight is 295 g/mol. The van der Waals surface area contributed by atoms with Crippen LogP contribution in [0.5, 0.6) is 0 Å². The predicted molar refractivity (Wildman–Crippen MR) is 88.7 cm³/mol. The van der Waals surface area contributed by atoms with Gasteiger partial charge in [0.2, 0.25) is 0 Å². The number of nitrogens with zero attached hydrogens (tertiary/aromatic N) is 1. The van der Waals surface area contributed by atoms with Crippen LogP contribution in [0.4, 0.5) is 5.69 Å². The maximum atomic E-state index is 6.50. The molecule has 0 spiro atoms. The molecule has 1 aromatic carbocycles. The van der Waals surface area contributed by atoms with Gasteiger partial charge in [0.1, 0.15) is 0 Å². The van der Waals surface area contributed by atoms with Gasteiger partial charge < -0.3 is 10.2 Å². The third kappa shape index (κ3) is 4.68. The summed E-state index contributed by atoms with van der Waals surface area (Å²) < 4.78 is 0. The van der Waals surface area contributed by atoms with Gasteiger partial charge in [0.05, 0.1) is 10.7 Å². The minimum atomic E-state index is 0.503. The van der Waals surface area contributed by atoms with Crippen LogP contribution >= 0.6 is 11.6 Å². The third-order valence-corrected chi connectivity index (χ3v) is 4.23. The number of rotatable bonds is 4. The molecule has 1 aromatic rings. The smallest absolute Gasteiger partial charge is 0.0642 e. The van der Waals surface area contributed by atoms with Crippen LogP contribution in [0.1, 0.15) is 51.5 Å². The van der Waals surface area contributed by atoms with E-state index in [2.05, 4.69) is 42.3 Å². The van der Waals surface area contributed by atoms with Crippen molar-refractivity contribution in [3.63, 3.8) is 0 Å². The molecule has 0 bridgehead atoms. The van der Waals surface area contributed by atoms with E-state index in [1.807, 2.05) is 0 Å². The molecule has 2 rings (SSSR count). The molecular weight excluding hydrogens is 268 g/mol. The highest BCUT2D eigenvalue weighted by atomic mass is 35.5. The molecule has 0 atom stereocenters. The van der Waals surface area contributed by atoms with Crippen molar-refractivity contribution in [1.29, 1.82) is 0 Å². The number of nitrogens with one attached hydrogen (secondary N) is 1. The molecule has 1 aliphatic heterocycles.